The molecule has 0 aliphatic heterocycles. The molecule has 0 fully saturated rings. The van der Waals surface area contributed by atoms with Gasteiger partial charge in [0.25, 0.3) is 0 Å². The molecule has 0 saturated heterocycles. The van der Waals surface area contributed by atoms with Gasteiger partial charge in [0.1, 0.15) is 0 Å². The van der Waals surface area contributed by atoms with E-state index in [2.05, 4.69) is 15.0 Å². The number of nitrogens with zero attached hydrogens (tertiary/aromatic N) is 3. The van der Waals surface area contributed by atoms with Crippen LogP contribution in [0.15, 0.2) is 36.8 Å². The molecule has 2 heterocycles. The molecule has 0 amide bonds. The van der Waals surface area contributed by atoms with Crippen molar-refractivity contribution in [1.82, 2.24) is 15.0 Å². The first-order chi connectivity index (χ1) is 6.36. The monoisotopic (exact) mass is 175 g/mol. The van der Waals surface area contributed by atoms with Crippen LogP contribution in [0.1, 0.15) is 0 Å². The van der Waals surface area contributed by atoms with E-state index in [1.54, 1.807) is 24.5 Å². The molecule has 0 spiro atoms. The molecule has 0 atom stereocenters. The van der Waals surface area contributed by atoms with Crippen LogP contribution in [0.2, 0.25) is 0 Å². The Morgan fingerprint density at radius 2 is 1.77 bits per heavy atom. The van der Waals surface area contributed by atoms with Crippen LogP contribution in [-0.4, -0.2) is 15.0 Å². The minimum absolute atomic E-state index is 0.377. The van der Waals surface area contributed by atoms with E-state index in [1.807, 2.05) is 0 Å². The predicted molar refractivity (Wildman–Crippen MR) is 45.2 cm³/mol. The Bertz CT molecular complexity index is 403. The van der Waals surface area contributed by atoms with Crippen LogP contribution in [0.5, 0.6) is 0 Å². The summed E-state index contributed by atoms with van der Waals surface area (Å²) in [6, 6.07) is 4.67. The number of hydrogen-bond acceptors (Lipinski definition) is 3. The number of pyridine rings is 1. The molecule has 2 aromatic rings. The lowest BCUT2D eigenvalue weighted by molar-refractivity contribution is 0.581. The zero-order valence-corrected chi connectivity index (χ0v) is 6.68. The standard InChI is InChI=1S/C9H6FN3/c10-8-3-6-12-9(13-8)7-1-4-11-5-2-7/h1-6H. The molecule has 2 rings (SSSR count). The maximum absolute atomic E-state index is 12.7. The zero-order chi connectivity index (χ0) is 9.10. The second-order valence-electron chi connectivity index (χ2n) is 2.44. The van der Waals surface area contributed by atoms with Crippen molar-refractivity contribution >= 4 is 0 Å². The highest BCUT2D eigenvalue weighted by Crippen LogP contribution is 2.11. The Morgan fingerprint density at radius 1 is 1.00 bits per heavy atom. The van der Waals surface area contributed by atoms with Gasteiger partial charge >= 0.3 is 0 Å². The molecule has 3 nitrogen and oxygen atoms in total. The van der Waals surface area contributed by atoms with Crippen LogP contribution in [0.4, 0.5) is 4.39 Å². The SMILES string of the molecule is Fc1ccnc(-c2ccncc2)n1. The Kier molecular flexibility index (Phi) is 1.96. The largest absolute Gasteiger partial charge is 0.265 e. The topological polar surface area (TPSA) is 38.7 Å². The first-order valence-corrected chi connectivity index (χ1v) is 3.75. The highest BCUT2D eigenvalue weighted by Gasteiger charge is 2.00. The van der Waals surface area contributed by atoms with Crippen molar-refractivity contribution in [3.8, 4) is 11.4 Å². The maximum atomic E-state index is 12.7. The summed E-state index contributed by atoms with van der Waals surface area (Å²) >= 11 is 0. The van der Waals surface area contributed by atoms with Crippen molar-refractivity contribution in [2.75, 3.05) is 0 Å². The quantitative estimate of drug-likeness (QED) is 0.619. The molecule has 13 heavy (non-hydrogen) atoms. The third-order valence-corrected chi connectivity index (χ3v) is 1.56. The smallest absolute Gasteiger partial charge is 0.216 e. The van der Waals surface area contributed by atoms with Crippen molar-refractivity contribution < 1.29 is 4.39 Å². The Hall–Kier alpha value is -1.84. The lowest BCUT2D eigenvalue weighted by Gasteiger charge is -1.97. The van der Waals surface area contributed by atoms with E-state index in [9.17, 15) is 4.39 Å². The first-order valence-electron chi connectivity index (χ1n) is 3.75. The number of rotatable bonds is 1. The van der Waals surface area contributed by atoms with Crippen molar-refractivity contribution in [2.45, 2.75) is 0 Å². The molecule has 4 heteroatoms. The van der Waals surface area contributed by atoms with Gasteiger partial charge in [-0.25, -0.2) is 4.98 Å². The molecule has 2 aromatic heterocycles. The highest BCUT2D eigenvalue weighted by molar-refractivity contribution is 5.52. The molecule has 0 aliphatic carbocycles. The van der Waals surface area contributed by atoms with Gasteiger partial charge in [0.15, 0.2) is 5.82 Å². The molecule has 0 radical (unpaired) electrons. The molecule has 64 valence electrons. The maximum Gasteiger partial charge on any atom is 0.216 e. The summed E-state index contributed by atoms with van der Waals surface area (Å²) in [6.45, 7) is 0. The summed E-state index contributed by atoms with van der Waals surface area (Å²) in [4.78, 5) is 11.4. The predicted octanol–water partition coefficient (Wildman–Crippen LogP) is 1.68. The zero-order valence-electron chi connectivity index (χ0n) is 6.68. The average molecular weight is 175 g/mol. The third-order valence-electron chi connectivity index (χ3n) is 1.56. The van der Waals surface area contributed by atoms with Gasteiger partial charge in [-0.05, 0) is 12.1 Å². The fraction of sp³-hybridized carbons (Fsp3) is 0. The van der Waals surface area contributed by atoms with Crippen molar-refractivity contribution in [3.63, 3.8) is 0 Å². The van der Waals surface area contributed by atoms with Gasteiger partial charge < -0.3 is 0 Å². The summed E-state index contributed by atoms with van der Waals surface area (Å²) in [7, 11) is 0. The summed E-state index contributed by atoms with van der Waals surface area (Å²) in [5, 5.41) is 0. The second-order valence-corrected chi connectivity index (χ2v) is 2.44. The minimum Gasteiger partial charge on any atom is -0.265 e. The van der Waals surface area contributed by atoms with Crippen molar-refractivity contribution in [2.24, 2.45) is 0 Å². The number of hydrogen-bond donors (Lipinski definition) is 0. The van der Waals surface area contributed by atoms with E-state index in [1.165, 1.54) is 12.3 Å². The van der Waals surface area contributed by atoms with E-state index in [0.29, 0.717) is 5.82 Å². The van der Waals surface area contributed by atoms with Crippen LogP contribution in [0.3, 0.4) is 0 Å². The lowest BCUT2D eigenvalue weighted by atomic mass is 10.2. The van der Waals surface area contributed by atoms with E-state index in [0.717, 1.165) is 5.56 Å². The molecule has 0 aromatic carbocycles. The van der Waals surface area contributed by atoms with Gasteiger partial charge in [-0.15, -0.1) is 0 Å². The van der Waals surface area contributed by atoms with Gasteiger partial charge in [0.05, 0.1) is 0 Å². The molecule has 0 bridgehead atoms. The van der Waals surface area contributed by atoms with Gasteiger partial charge in [-0.3, -0.25) is 4.98 Å². The number of aromatic nitrogens is 3. The van der Waals surface area contributed by atoms with Crippen LogP contribution in [0, 0.1) is 5.95 Å². The van der Waals surface area contributed by atoms with E-state index in [-0.39, 0.29) is 0 Å². The molecule has 0 aliphatic rings. The second kappa shape index (κ2) is 3.26. The molecular weight excluding hydrogens is 169 g/mol. The Morgan fingerprint density at radius 3 is 2.46 bits per heavy atom. The van der Waals surface area contributed by atoms with Crippen LogP contribution in [0.25, 0.3) is 11.4 Å². The van der Waals surface area contributed by atoms with Crippen LogP contribution < -0.4 is 0 Å². The summed E-state index contributed by atoms with van der Waals surface area (Å²) in [6.07, 6.45) is 4.62. The molecule has 0 saturated carbocycles. The fourth-order valence-corrected chi connectivity index (χ4v) is 0.977. The normalized spacial score (nSPS) is 9.92. The first kappa shape index (κ1) is 7.79. The van der Waals surface area contributed by atoms with Gasteiger partial charge in [0.2, 0.25) is 5.95 Å². The third kappa shape index (κ3) is 1.66. The van der Waals surface area contributed by atoms with Crippen LogP contribution >= 0.6 is 0 Å². The average Bonchev–Trinajstić information content (AvgIpc) is 2.19. The number of halogens is 1. The van der Waals surface area contributed by atoms with Crippen LogP contribution in [-0.2, 0) is 0 Å². The molecule has 0 unspecified atom stereocenters. The minimum atomic E-state index is -0.526. The molecular formula is C9H6FN3. The van der Waals surface area contributed by atoms with E-state index >= 15 is 0 Å². The van der Waals surface area contributed by atoms with Crippen molar-refractivity contribution in [1.29, 1.82) is 0 Å². The summed E-state index contributed by atoms with van der Waals surface area (Å²) in [5.41, 5.74) is 0.759. The lowest BCUT2D eigenvalue weighted by Crippen LogP contribution is -1.90. The van der Waals surface area contributed by atoms with E-state index in [4.69, 9.17) is 0 Å². The molecule has 0 N–H and O–H groups in total. The Labute approximate surface area is 74.3 Å². The van der Waals surface area contributed by atoms with Gasteiger partial charge in [-0.1, -0.05) is 0 Å². The summed E-state index contributed by atoms with van der Waals surface area (Å²) < 4.78 is 12.7. The van der Waals surface area contributed by atoms with Gasteiger partial charge in [-0.2, -0.15) is 9.37 Å². The Balaban J connectivity index is 2.48. The van der Waals surface area contributed by atoms with Crippen molar-refractivity contribution in [3.05, 3.63) is 42.7 Å². The van der Waals surface area contributed by atoms with Gasteiger partial charge in [0, 0.05) is 30.2 Å². The summed E-state index contributed by atoms with van der Waals surface area (Å²) in [5.74, 6) is -0.149. The highest BCUT2D eigenvalue weighted by atomic mass is 19.1. The van der Waals surface area contributed by atoms with E-state index < -0.39 is 5.95 Å². The fourth-order valence-electron chi connectivity index (χ4n) is 0.977.